The van der Waals surface area contributed by atoms with Crippen LogP contribution in [0, 0.1) is 0 Å². The maximum Gasteiger partial charge on any atom is 0.317 e. The maximum atomic E-state index is 12.5. The van der Waals surface area contributed by atoms with Crippen LogP contribution in [0.25, 0.3) is 0 Å². The Labute approximate surface area is 160 Å². The van der Waals surface area contributed by atoms with Gasteiger partial charge in [-0.05, 0) is 48.5 Å². The molecule has 0 spiro atoms. The number of carbonyl (C=O) groups excluding carboxylic acids is 1. The van der Waals surface area contributed by atoms with Crippen LogP contribution < -0.4 is 5.32 Å². The van der Waals surface area contributed by atoms with E-state index < -0.39 is 0 Å². The van der Waals surface area contributed by atoms with Crippen molar-refractivity contribution in [3.05, 3.63) is 58.3 Å². The van der Waals surface area contributed by atoms with Gasteiger partial charge in [-0.3, -0.25) is 0 Å². The van der Waals surface area contributed by atoms with Crippen LogP contribution in [0.3, 0.4) is 0 Å². The number of amides is 2. The van der Waals surface area contributed by atoms with E-state index in [9.17, 15) is 4.79 Å². The van der Waals surface area contributed by atoms with Crippen molar-refractivity contribution in [2.45, 2.75) is 18.4 Å². The minimum absolute atomic E-state index is 0. The molecule has 2 aromatic rings. The van der Waals surface area contributed by atoms with Gasteiger partial charge in [-0.25, -0.2) is 4.79 Å². The van der Waals surface area contributed by atoms with E-state index in [-0.39, 0.29) is 24.5 Å². The number of likely N-dealkylation sites (N-methyl/N-ethyl adjacent to an activating group) is 1. The van der Waals surface area contributed by atoms with Gasteiger partial charge >= 0.3 is 6.03 Å². The molecule has 6 heteroatoms. The fourth-order valence-electron chi connectivity index (χ4n) is 3.30. The Balaban J connectivity index is 0.00000225. The lowest BCUT2D eigenvalue weighted by molar-refractivity contribution is 0.202. The number of halogens is 1. The van der Waals surface area contributed by atoms with Crippen molar-refractivity contribution >= 4 is 29.8 Å². The zero-order valence-electron chi connectivity index (χ0n) is 14.7. The van der Waals surface area contributed by atoms with Crippen LogP contribution in [0.15, 0.2) is 47.2 Å². The first-order chi connectivity index (χ1) is 11.6. The summed E-state index contributed by atoms with van der Waals surface area (Å²) in [5.41, 5.74) is 2.59. The van der Waals surface area contributed by atoms with E-state index in [2.05, 4.69) is 65.4 Å². The van der Waals surface area contributed by atoms with Crippen molar-refractivity contribution in [2.24, 2.45) is 0 Å². The molecule has 1 unspecified atom stereocenters. The van der Waals surface area contributed by atoms with Crippen LogP contribution in [-0.4, -0.2) is 49.6 Å². The number of likely N-dealkylation sites (tertiary alicyclic amines) is 1. The third kappa shape index (κ3) is 4.97. The van der Waals surface area contributed by atoms with Gasteiger partial charge in [-0.1, -0.05) is 30.3 Å². The summed E-state index contributed by atoms with van der Waals surface area (Å²) in [5, 5.41) is 7.35. The average molecular weight is 380 g/mol. The van der Waals surface area contributed by atoms with Crippen molar-refractivity contribution < 1.29 is 4.79 Å². The summed E-state index contributed by atoms with van der Waals surface area (Å²) < 4.78 is 0. The molecule has 3 rings (SSSR count). The molecule has 1 N–H and O–H groups in total. The van der Waals surface area contributed by atoms with Gasteiger partial charge in [-0.2, -0.15) is 11.3 Å². The molecule has 1 fully saturated rings. The van der Waals surface area contributed by atoms with Gasteiger partial charge in [-0.15, -0.1) is 12.4 Å². The minimum atomic E-state index is 0. The number of thiophene rings is 1. The van der Waals surface area contributed by atoms with Crippen LogP contribution in [0.2, 0.25) is 0 Å². The van der Waals surface area contributed by atoms with Crippen molar-refractivity contribution in [1.82, 2.24) is 15.1 Å². The van der Waals surface area contributed by atoms with Gasteiger partial charge in [0.2, 0.25) is 0 Å². The second-order valence-electron chi connectivity index (χ2n) is 6.56. The number of carbonyl (C=O) groups is 1. The Morgan fingerprint density at radius 3 is 2.72 bits per heavy atom. The van der Waals surface area contributed by atoms with Gasteiger partial charge < -0.3 is 15.1 Å². The van der Waals surface area contributed by atoms with Crippen LogP contribution in [0.1, 0.15) is 29.5 Å². The van der Waals surface area contributed by atoms with E-state index in [1.165, 1.54) is 11.1 Å². The Morgan fingerprint density at radius 1 is 1.32 bits per heavy atom. The summed E-state index contributed by atoms with van der Waals surface area (Å²) >= 11 is 1.69. The van der Waals surface area contributed by atoms with E-state index in [1.807, 2.05) is 11.0 Å². The van der Waals surface area contributed by atoms with Gasteiger partial charge in [0.25, 0.3) is 0 Å². The first-order valence-electron chi connectivity index (χ1n) is 8.41. The molecule has 1 aliphatic heterocycles. The SMILES string of the molecule is CN(C)C(CNC(=O)N1CC[C@H](c2ccccc2)C1)c1ccsc1.Cl. The van der Waals surface area contributed by atoms with Crippen molar-refractivity contribution in [1.29, 1.82) is 0 Å². The van der Waals surface area contributed by atoms with Crippen molar-refractivity contribution in [3.8, 4) is 0 Å². The van der Waals surface area contributed by atoms with Gasteiger partial charge in [0.1, 0.15) is 0 Å². The minimum Gasteiger partial charge on any atom is -0.336 e. The summed E-state index contributed by atoms with van der Waals surface area (Å²) in [6.07, 6.45) is 1.04. The van der Waals surface area contributed by atoms with E-state index in [4.69, 9.17) is 0 Å². The first-order valence-corrected chi connectivity index (χ1v) is 9.35. The molecule has 4 nitrogen and oxygen atoms in total. The van der Waals surface area contributed by atoms with Crippen LogP contribution in [-0.2, 0) is 0 Å². The lowest BCUT2D eigenvalue weighted by atomic mass is 9.99. The molecule has 1 saturated heterocycles. The molecular formula is C19H26ClN3OS. The number of hydrogen-bond donors (Lipinski definition) is 1. The Bertz CT molecular complexity index is 648. The van der Waals surface area contributed by atoms with Crippen LogP contribution >= 0.6 is 23.7 Å². The van der Waals surface area contributed by atoms with E-state index >= 15 is 0 Å². The molecule has 2 amide bonds. The Hall–Kier alpha value is -1.56. The standard InChI is InChI=1S/C19H25N3OS.ClH/c1-21(2)18(17-9-11-24-14-17)12-20-19(23)22-10-8-16(13-22)15-6-4-3-5-7-15;/h3-7,9,11,14,16,18H,8,10,12-13H2,1-2H3,(H,20,23);1H/t16-,18?;/m0./s1. The predicted molar refractivity (Wildman–Crippen MR) is 107 cm³/mol. The van der Waals surface area contributed by atoms with E-state index in [0.29, 0.717) is 12.5 Å². The number of hydrogen-bond acceptors (Lipinski definition) is 3. The number of benzene rings is 1. The Morgan fingerprint density at radius 2 is 2.08 bits per heavy atom. The average Bonchev–Trinajstić information content (AvgIpc) is 3.27. The summed E-state index contributed by atoms with van der Waals surface area (Å²) in [6.45, 7) is 2.27. The highest BCUT2D eigenvalue weighted by molar-refractivity contribution is 7.07. The van der Waals surface area contributed by atoms with Crippen molar-refractivity contribution in [2.75, 3.05) is 33.7 Å². The first kappa shape index (κ1) is 19.8. The summed E-state index contributed by atoms with van der Waals surface area (Å²) in [6, 6.07) is 12.9. The number of rotatable bonds is 5. The molecule has 0 aliphatic carbocycles. The smallest absolute Gasteiger partial charge is 0.317 e. The topological polar surface area (TPSA) is 35.6 Å². The quantitative estimate of drug-likeness (QED) is 0.853. The molecule has 1 aromatic heterocycles. The fourth-order valence-corrected chi connectivity index (χ4v) is 4.01. The largest absolute Gasteiger partial charge is 0.336 e. The highest BCUT2D eigenvalue weighted by Gasteiger charge is 2.27. The zero-order valence-corrected chi connectivity index (χ0v) is 16.4. The molecule has 136 valence electrons. The summed E-state index contributed by atoms with van der Waals surface area (Å²) in [7, 11) is 4.10. The third-order valence-electron chi connectivity index (χ3n) is 4.74. The normalized spacial score (nSPS) is 18.0. The van der Waals surface area contributed by atoms with Gasteiger partial charge in [0.05, 0.1) is 6.04 Å². The fraction of sp³-hybridized carbons (Fsp3) is 0.421. The van der Waals surface area contributed by atoms with Gasteiger partial charge in [0.15, 0.2) is 0 Å². The molecule has 25 heavy (non-hydrogen) atoms. The lowest BCUT2D eigenvalue weighted by Crippen LogP contribution is -2.42. The number of nitrogens with zero attached hydrogens (tertiary/aromatic N) is 2. The molecule has 2 heterocycles. The highest BCUT2D eigenvalue weighted by atomic mass is 35.5. The maximum absolute atomic E-state index is 12.5. The lowest BCUT2D eigenvalue weighted by Gasteiger charge is -2.25. The molecule has 0 bridgehead atoms. The second kappa shape index (κ2) is 9.22. The van der Waals surface area contributed by atoms with Crippen LogP contribution in [0.4, 0.5) is 4.79 Å². The van der Waals surface area contributed by atoms with E-state index in [1.54, 1.807) is 11.3 Å². The zero-order chi connectivity index (χ0) is 16.9. The van der Waals surface area contributed by atoms with Gasteiger partial charge in [0, 0.05) is 25.6 Å². The van der Waals surface area contributed by atoms with E-state index in [0.717, 1.165) is 19.5 Å². The van der Waals surface area contributed by atoms with Crippen molar-refractivity contribution in [3.63, 3.8) is 0 Å². The monoisotopic (exact) mass is 379 g/mol. The molecule has 0 saturated carbocycles. The molecule has 1 aliphatic rings. The number of urea groups is 1. The second-order valence-corrected chi connectivity index (χ2v) is 7.34. The molecular weight excluding hydrogens is 354 g/mol. The molecule has 0 radical (unpaired) electrons. The highest BCUT2D eigenvalue weighted by Crippen LogP contribution is 2.27. The van der Waals surface area contributed by atoms with Crippen LogP contribution in [0.5, 0.6) is 0 Å². The number of nitrogens with one attached hydrogen (secondary N) is 1. The predicted octanol–water partition coefficient (Wildman–Crippen LogP) is 3.97. The Kier molecular flexibility index (Phi) is 7.29. The third-order valence-corrected chi connectivity index (χ3v) is 5.45. The summed E-state index contributed by atoms with van der Waals surface area (Å²) in [5.74, 6) is 0.457. The molecule has 1 aromatic carbocycles. The molecule has 2 atom stereocenters. The summed E-state index contributed by atoms with van der Waals surface area (Å²) in [4.78, 5) is 16.6.